The van der Waals surface area contributed by atoms with Crippen LogP contribution in [0.3, 0.4) is 0 Å². The minimum Gasteiger partial charge on any atom is -0.460 e. The molecular weight excluding hydrogens is 438 g/mol. The number of carbonyl (C=O) groups excluding carboxylic acids is 3. The van der Waals surface area contributed by atoms with Crippen molar-refractivity contribution in [3.8, 4) is 0 Å². The smallest absolute Gasteiger partial charge is 0.307 e. The van der Waals surface area contributed by atoms with Crippen molar-refractivity contribution in [2.75, 3.05) is 19.6 Å². The lowest BCUT2D eigenvalue weighted by Gasteiger charge is -2.28. The lowest BCUT2D eigenvalue weighted by atomic mass is 9.91. The van der Waals surface area contributed by atoms with Crippen molar-refractivity contribution in [2.24, 2.45) is 11.8 Å². The van der Waals surface area contributed by atoms with Gasteiger partial charge in [0.1, 0.15) is 11.6 Å². The molecule has 1 rings (SSSR count). The highest BCUT2D eigenvalue weighted by atomic mass is 32.1. The maximum absolute atomic E-state index is 13.3. The molecule has 7 nitrogen and oxygen atoms in total. The standard InChI is InChI=1S/C25H47N3O4S/c1-6-25(4,5)32-22(29)17-21(33)19(16-18(2)3)23(30)28-20-12-8-11-14-26-13-9-7-10-15-27-24(20)31/h18-21,26,33H,6-17H2,1-5H3,(H,27,31)(H,28,30). The van der Waals surface area contributed by atoms with Gasteiger partial charge in [-0.05, 0) is 77.8 Å². The number of esters is 1. The third-order valence-electron chi connectivity index (χ3n) is 6.20. The van der Waals surface area contributed by atoms with Crippen LogP contribution in [0, 0.1) is 11.8 Å². The Hall–Kier alpha value is -1.28. The molecule has 1 saturated heterocycles. The second kappa shape index (κ2) is 15.6. The third kappa shape index (κ3) is 12.7. The molecule has 0 aromatic rings. The van der Waals surface area contributed by atoms with Crippen molar-refractivity contribution >= 4 is 30.4 Å². The molecule has 33 heavy (non-hydrogen) atoms. The van der Waals surface area contributed by atoms with E-state index in [0.29, 0.717) is 25.8 Å². The Morgan fingerprint density at radius 3 is 2.39 bits per heavy atom. The molecule has 192 valence electrons. The summed E-state index contributed by atoms with van der Waals surface area (Å²) in [5, 5.41) is 8.93. The molecule has 0 saturated carbocycles. The Morgan fingerprint density at radius 2 is 1.76 bits per heavy atom. The largest absolute Gasteiger partial charge is 0.460 e. The van der Waals surface area contributed by atoms with E-state index in [2.05, 4.69) is 28.6 Å². The summed E-state index contributed by atoms with van der Waals surface area (Å²) in [7, 11) is 0. The second-order valence-corrected chi connectivity index (χ2v) is 10.9. The highest BCUT2D eigenvalue weighted by molar-refractivity contribution is 7.81. The fourth-order valence-electron chi connectivity index (χ4n) is 3.84. The van der Waals surface area contributed by atoms with Crippen LogP contribution in [0.5, 0.6) is 0 Å². The number of nitrogens with one attached hydrogen (secondary N) is 3. The summed E-state index contributed by atoms with van der Waals surface area (Å²) < 4.78 is 5.56. The van der Waals surface area contributed by atoms with Crippen LogP contribution in [0.2, 0.25) is 0 Å². The van der Waals surface area contributed by atoms with Crippen molar-refractivity contribution < 1.29 is 19.1 Å². The van der Waals surface area contributed by atoms with Gasteiger partial charge in [-0.2, -0.15) is 12.6 Å². The van der Waals surface area contributed by atoms with E-state index in [-0.39, 0.29) is 30.1 Å². The summed E-state index contributed by atoms with van der Waals surface area (Å²) in [4.78, 5) is 38.5. The van der Waals surface area contributed by atoms with Crippen LogP contribution in [0.25, 0.3) is 0 Å². The number of amides is 2. The number of hydrogen-bond donors (Lipinski definition) is 4. The lowest BCUT2D eigenvalue weighted by molar-refractivity contribution is -0.157. The lowest BCUT2D eigenvalue weighted by Crippen LogP contribution is -2.50. The van der Waals surface area contributed by atoms with E-state index < -0.39 is 22.8 Å². The van der Waals surface area contributed by atoms with Gasteiger partial charge < -0.3 is 20.7 Å². The van der Waals surface area contributed by atoms with Gasteiger partial charge in [0, 0.05) is 11.8 Å². The maximum Gasteiger partial charge on any atom is 0.307 e. The summed E-state index contributed by atoms with van der Waals surface area (Å²) in [6, 6.07) is -0.570. The quantitative estimate of drug-likeness (QED) is 0.296. The van der Waals surface area contributed by atoms with E-state index in [0.717, 1.165) is 45.2 Å². The number of hydrogen-bond acceptors (Lipinski definition) is 6. The maximum atomic E-state index is 13.3. The minimum atomic E-state index is -0.570. The summed E-state index contributed by atoms with van der Waals surface area (Å²) in [5.41, 5.74) is -0.542. The van der Waals surface area contributed by atoms with Gasteiger partial charge in [-0.15, -0.1) is 0 Å². The molecule has 1 fully saturated rings. The van der Waals surface area contributed by atoms with E-state index in [4.69, 9.17) is 4.74 Å². The zero-order valence-corrected chi connectivity index (χ0v) is 22.3. The van der Waals surface area contributed by atoms with Gasteiger partial charge in [-0.1, -0.05) is 27.2 Å². The Balaban J connectivity index is 2.83. The SMILES string of the molecule is CCC(C)(C)OC(=O)CC(S)C(CC(C)C)C(=O)NC1CCCCNCCCCCNC1=O. The Morgan fingerprint density at radius 1 is 1.12 bits per heavy atom. The fraction of sp³-hybridized carbons (Fsp3) is 0.880. The first-order chi connectivity index (χ1) is 15.6. The summed E-state index contributed by atoms with van der Waals surface area (Å²) in [6.45, 7) is 12.3. The van der Waals surface area contributed by atoms with Crippen molar-refractivity contribution in [3.05, 3.63) is 0 Å². The van der Waals surface area contributed by atoms with Crippen molar-refractivity contribution in [1.29, 1.82) is 0 Å². The van der Waals surface area contributed by atoms with Crippen LogP contribution in [0.4, 0.5) is 0 Å². The topological polar surface area (TPSA) is 96.5 Å². The molecule has 8 heteroatoms. The minimum absolute atomic E-state index is 0.0554. The molecule has 3 unspecified atom stereocenters. The molecule has 1 aliphatic rings. The van der Waals surface area contributed by atoms with Gasteiger partial charge in [0.25, 0.3) is 0 Å². The fourth-order valence-corrected chi connectivity index (χ4v) is 4.25. The van der Waals surface area contributed by atoms with Crippen LogP contribution in [-0.2, 0) is 19.1 Å². The van der Waals surface area contributed by atoms with Crippen LogP contribution in [0.15, 0.2) is 0 Å². The zero-order chi connectivity index (χ0) is 24.9. The van der Waals surface area contributed by atoms with Crippen molar-refractivity contribution in [1.82, 2.24) is 16.0 Å². The number of ether oxygens (including phenoxy) is 1. The van der Waals surface area contributed by atoms with Gasteiger partial charge in [-0.3, -0.25) is 14.4 Å². The molecule has 3 N–H and O–H groups in total. The van der Waals surface area contributed by atoms with E-state index in [1.807, 2.05) is 34.6 Å². The predicted molar refractivity (Wildman–Crippen MR) is 136 cm³/mol. The molecular formula is C25H47N3O4S. The van der Waals surface area contributed by atoms with Crippen molar-refractivity contribution in [2.45, 2.75) is 109 Å². The number of carbonyl (C=O) groups is 3. The molecule has 0 spiro atoms. The Labute approximate surface area is 206 Å². The monoisotopic (exact) mass is 485 g/mol. The van der Waals surface area contributed by atoms with Crippen LogP contribution in [-0.4, -0.2) is 54.3 Å². The molecule has 1 aliphatic heterocycles. The molecule has 0 aliphatic carbocycles. The molecule has 0 aromatic heterocycles. The first-order valence-electron chi connectivity index (χ1n) is 12.7. The molecule has 3 atom stereocenters. The first-order valence-corrected chi connectivity index (χ1v) is 13.3. The van der Waals surface area contributed by atoms with Crippen molar-refractivity contribution in [3.63, 3.8) is 0 Å². The summed E-state index contributed by atoms with van der Waals surface area (Å²) in [5.74, 6) is -0.925. The van der Waals surface area contributed by atoms with Crippen LogP contribution in [0.1, 0.15) is 92.4 Å². The summed E-state index contributed by atoms with van der Waals surface area (Å²) in [6.07, 6.45) is 6.85. The van der Waals surface area contributed by atoms with Crippen LogP contribution >= 0.6 is 12.6 Å². The van der Waals surface area contributed by atoms with Gasteiger partial charge in [-0.25, -0.2) is 0 Å². The van der Waals surface area contributed by atoms with Gasteiger partial charge in [0.2, 0.25) is 11.8 Å². The number of rotatable bonds is 9. The highest BCUT2D eigenvalue weighted by Gasteiger charge is 2.32. The Kier molecular flexibility index (Phi) is 14.1. The van der Waals surface area contributed by atoms with E-state index in [9.17, 15) is 14.4 Å². The van der Waals surface area contributed by atoms with E-state index in [1.165, 1.54) is 0 Å². The van der Waals surface area contributed by atoms with E-state index in [1.54, 1.807) is 0 Å². The van der Waals surface area contributed by atoms with Gasteiger partial charge >= 0.3 is 5.97 Å². The normalized spacial score (nSPS) is 21.1. The number of thiol groups is 1. The van der Waals surface area contributed by atoms with Gasteiger partial charge in [0.05, 0.1) is 12.3 Å². The molecule has 0 bridgehead atoms. The summed E-state index contributed by atoms with van der Waals surface area (Å²) >= 11 is 4.64. The van der Waals surface area contributed by atoms with E-state index >= 15 is 0 Å². The predicted octanol–water partition coefficient (Wildman–Crippen LogP) is 3.61. The first kappa shape index (κ1) is 29.8. The average molecular weight is 486 g/mol. The highest BCUT2D eigenvalue weighted by Crippen LogP contribution is 2.25. The third-order valence-corrected chi connectivity index (χ3v) is 6.75. The van der Waals surface area contributed by atoms with Crippen LogP contribution < -0.4 is 16.0 Å². The average Bonchev–Trinajstić information content (AvgIpc) is 2.75. The molecule has 2 amide bonds. The second-order valence-electron chi connectivity index (χ2n) is 10.3. The molecule has 1 heterocycles. The molecule has 0 radical (unpaired) electrons. The van der Waals surface area contributed by atoms with Gasteiger partial charge in [0.15, 0.2) is 0 Å². The molecule has 0 aromatic carbocycles. The Bertz CT molecular complexity index is 612. The zero-order valence-electron chi connectivity index (χ0n) is 21.4.